The fraction of sp³-hybridized carbons (Fsp3) is 0.333. The van der Waals surface area contributed by atoms with Crippen LogP contribution >= 0.6 is 0 Å². The lowest BCUT2D eigenvalue weighted by atomic mass is 10.00. The topological polar surface area (TPSA) is 52.6 Å². The van der Waals surface area contributed by atoms with E-state index in [4.69, 9.17) is 9.47 Å². The van der Waals surface area contributed by atoms with Gasteiger partial charge in [-0.3, -0.25) is 9.59 Å². The highest BCUT2D eigenvalue weighted by molar-refractivity contribution is 5.75. The van der Waals surface area contributed by atoms with Crippen LogP contribution in [0.2, 0.25) is 0 Å². The van der Waals surface area contributed by atoms with Crippen LogP contribution in [0.1, 0.15) is 31.9 Å². The lowest BCUT2D eigenvalue weighted by molar-refractivity contribution is -0.148. The molecular formula is C21H23FO4. The van der Waals surface area contributed by atoms with E-state index in [0.29, 0.717) is 12.2 Å². The number of ether oxygens (including phenoxy) is 2. The second-order valence-corrected chi connectivity index (χ2v) is 6.56. The first-order valence-electron chi connectivity index (χ1n) is 8.57. The van der Waals surface area contributed by atoms with Gasteiger partial charge in [-0.25, -0.2) is 4.39 Å². The molecule has 0 N–H and O–H groups in total. The predicted molar refractivity (Wildman–Crippen MR) is 96.0 cm³/mol. The van der Waals surface area contributed by atoms with E-state index in [1.165, 1.54) is 24.3 Å². The third-order valence-corrected chi connectivity index (χ3v) is 3.82. The highest BCUT2D eigenvalue weighted by Gasteiger charge is 2.16. The average molecular weight is 358 g/mol. The molecular weight excluding hydrogens is 335 g/mol. The van der Waals surface area contributed by atoms with Crippen LogP contribution < -0.4 is 4.74 Å². The zero-order valence-corrected chi connectivity index (χ0v) is 15.2. The van der Waals surface area contributed by atoms with Gasteiger partial charge in [0, 0.05) is 0 Å². The minimum atomic E-state index is -0.382. The fourth-order valence-electron chi connectivity index (χ4n) is 2.32. The molecule has 2 aromatic rings. The predicted octanol–water partition coefficient (Wildman–Crippen LogP) is 4.31. The molecule has 0 heterocycles. The normalized spacial score (nSPS) is 11.9. The molecule has 0 saturated heterocycles. The maximum absolute atomic E-state index is 12.9. The Balaban J connectivity index is 1.92. The van der Waals surface area contributed by atoms with Gasteiger partial charge in [-0.05, 0) is 41.8 Å². The lowest BCUT2D eigenvalue weighted by Crippen LogP contribution is -2.20. The molecule has 1 unspecified atom stereocenters. The molecule has 0 spiro atoms. The number of hydrogen-bond donors (Lipinski definition) is 0. The van der Waals surface area contributed by atoms with Gasteiger partial charge in [0.15, 0.2) is 0 Å². The Hall–Kier alpha value is -2.69. The molecule has 0 aromatic heterocycles. The van der Waals surface area contributed by atoms with Crippen molar-refractivity contribution < 1.29 is 23.5 Å². The molecule has 2 rings (SSSR count). The Bertz CT molecular complexity index is 753. The number of rotatable bonds is 7. The first-order chi connectivity index (χ1) is 12.3. The summed E-state index contributed by atoms with van der Waals surface area (Å²) in [7, 11) is 0. The quantitative estimate of drug-likeness (QED) is 0.547. The molecule has 0 fully saturated rings. The Morgan fingerprint density at radius 3 is 2.27 bits per heavy atom. The van der Waals surface area contributed by atoms with Gasteiger partial charge in [0.2, 0.25) is 0 Å². The number of esters is 2. The summed E-state index contributed by atoms with van der Waals surface area (Å²) in [6.45, 7) is 5.55. The lowest BCUT2D eigenvalue weighted by Gasteiger charge is -2.12. The van der Waals surface area contributed by atoms with E-state index in [9.17, 15) is 14.0 Å². The highest BCUT2D eigenvalue weighted by Crippen LogP contribution is 2.17. The van der Waals surface area contributed by atoms with E-state index >= 15 is 0 Å². The van der Waals surface area contributed by atoms with E-state index in [2.05, 4.69) is 0 Å². The van der Waals surface area contributed by atoms with E-state index < -0.39 is 0 Å². The maximum atomic E-state index is 12.9. The van der Waals surface area contributed by atoms with Crippen LogP contribution in [-0.2, 0) is 27.4 Å². The Labute approximate surface area is 152 Å². The van der Waals surface area contributed by atoms with Crippen LogP contribution in [0.25, 0.3) is 0 Å². The second kappa shape index (κ2) is 9.13. The van der Waals surface area contributed by atoms with Gasteiger partial charge in [0.25, 0.3) is 0 Å². The van der Waals surface area contributed by atoms with Crippen molar-refractivity contribution in [2.75, 3.05) is 0 Å². The molecule has 0 bridgehead atoms. The number of halogens is 1. The van der Waals surface area contributed by atoms with Crippen molar-refractivity contribution >= 4 is 11.9 Å². The summed E-state index contributed by atoms with van der Waals surface area (Å²) in [4.78, 5) is 23.7. The van der Waals surface area contributed by atoms with Crippen molar-refractivity contribution in [2.45, 2.75) is 33.8 Å². The van der Waals surface area contributed by atoms with Crippen molar-refractivity contribution in [3.8, 4) is 5.75 Å². The van der Waals surface area contributed by atoms with Crippen LogP contribution in [0.15, 0.2) is 48.5 Å². The molecule has 0 saturated carbocycles. The van der Waals surface area contributed by atoms with Crippen molar-refractivity contribution in [1.82, 2.24) is 0 Å². The minimum absolute atomic E-state index is 0.167. The first kappa shape index (κ1) is 19.6. The minimum Gasteiger partial charge on any atom is -0.461 e. The van der Waals surface area contributed by atoms with Crippen LogP contribution in [0.4, 0.5) is 4.39 Å². The van der Waals surface area contributed by atoms with Gasteiger partial charge in [0.1, 0.15) is 18.2 Å². The number of hydrogen-bond acceptors (Lipinski definition) is 4. The summed E-state index contributed by atoms with van der Waals surface area (Å²) in [5.74, 6) is -1.22. The van der Waals surface area contributed by atoms with Gasteiger partial charge in [0.05, 0.1) is 11.8 Å². The fourth-order valence-corrected chi connectivity index (χ4v) is 2.32. The van der Waals surface area contributed by atoms with Crippen LogP contribution in [0.5, 0.6) is 5.75 Å². The molecule has 0 aliphatic carbocycles. The summed E-state index contributed by atoms with van der Waals surface area (Å²) in [6.07, 6.45) is 0.492. The van der Waals surface area contributed by atoms with E-state index in [0.717, 1.165) is 11.1 Å². The molecule has 0 aliphatic rings. The summed E-state index contributed by atoms with van der Waals surface area (Å²) in [6, 6.07) is 12.9. The molecule has 5 heteroatoms. The van der Waals surface area contributed by atoms with Crippen molar-refractivity contribution in [1.29, 1.82) is 0 Å². The number of carbonyl (C=O) groups is 2. The van der Waals surface area contributed by atoms with Crippen LogP contribution in [0.3, 0.4) is 0 Å². The highest BCUT2D eigenvalue weighted by atomic mass is 19.1. The Morgan fingerprint density at radius 1 is 0.962 bits per heavy atom. The number of benzene rings is 2. The molecule has 26 heavy (non-hydrogen) atoms. The SMILES string of the molecule is CC(C)C(=O)OCc1cccc(CC(C)C(=O)Oc2ccc(F)cc2)c1. The van der Waals surface area contributed by atoms with E-state index in [1.54, 1.807) is 20.8 Å². The summed E-state index contributed by atoms with van der Waals surface area (Å²) < 4.78 is 23.4. The maximum Gasteiger partial charge on any atom is 0.314 e. The number of carbonyl (C=O) groups excluding carboxylic acids is 2. The molecule has 1 atom stereocenters. The zero-order chi connectivity index (χ0) is 19.1. The Morgan fingerprint density at radius 2 is 1.62 bits per heavy atom. The molecule has 0 amide bonds. The summed E-state index contributed by atoms with van der Waals surface area (Å²) in [5.41, 5.74) is 1.82. The van der Waals surface area contributed by atoms with Gasteiger partial charge in [-0.2, -0.15) is 0 Å². The van der Waals surface area contributed by atoms with Gasteiger partial charge >= 0.3 is 11.9 Å². The molecule has 4 nitrogen and oxygen atoms in total. The molecule has 0 radical (unpaired) electrons. The second-order valence-electron chi connectivity index (χ2n) is 6.56. The van der Waals surface area contributed by atoms with Crippen molar-refractivity contribution in [3.63, 3.8) is 0 Å². The first-order valence-corrected chi connectivity index (χ1v) is 8.57. The van der Waals surface area contributed by atoms with Crippen LogP contribution in [-0.4, -0.2) is 11.9 Å². The van der Waals surface area contributed by atoms with E-state index in [1.807, 2.05) is 24.3 Å². The Kier molecular flexibility index (Phi) is 6.89. The molecule has 2 aromatic carbocycles. The third kappa shape index (κ3) is 5.99. The summed E-state index contributed by atoms with van der Waals surface area (Å²) in [5, 5.41) is 0. The average Bonchev–Trinajstić information content (AvgIpc) is 2.61. The van der Waals surface area contributed by atoms with Crippen molar-refractivity contribution in [2.24, 2.45) is 11.8 Å². The van der Waals surface area contributed by atoms with Gasteiger partial charge in [-0.1, -0.05) is 45.0 Å². The standard InChI is InChI=1S/C21H23FO4/c1-14(2)20(23)25-13-17-6-4-5-16(12-17)11-15(3)21(24)26-19-9-7-18(22)8-10-19/h4-10,12,14-15H,11,13H2,1-3H3. The van der Waals surface area contributed by atoms with Gasteiger partial charge < -0.3 is 9.47 Å². The van der Waals surface area contributed by atoms with E-state index in [-0.39, 0.29) is 36.2 Å². The van der Waals surface area contributed by atoms with Crippen LogP contribution in [0, 0.1) is 17.7 Å². The smallest absolute Gasteiger partial charge is 0.314 e. The van der Waals surface area contributed by atoms with Gasteiger partial charge in [-0.15, -0.1) is 0 Å². The summed E-state index contributed by atoms with van der Waals surface area (Å²) >= 11 is 0. The molecule has 138 valence electrons. The zero-order valence-electron chi connectivity index (χ0n) is 15.2. The van der Waals surface area contributed by atoms with Crippen molar-refractivity contribution in [3.05, 3.63) is 65.5 Å². The molecule has 0 aliphatic heterocycles. The largest absolute Gasteiger partial charge is 0.461 e. The monoisotopic (exact) mass is 358 g/mol. The third-order valence-electron chi connectivity index (χ3n) is 3.82.